The number of carbonyl (C=O) groups is 1. The van der Waals surface area contributed by atoms with Crippen molar-refractivity contribution in [3.63, 3.8) is 0 Å². The molecular formula is C16H22N2O3. The van der Waals surface area contributed by atoms with Gasteiger partial charge in [0.2, 0.25) is 5.91 Å². The quantitative estimate of drug-likeness (QED) is 0.868. The second-order valence-electron chi connectivity index (χ2n) is 5.80. The van der Waals surface area contributed by atoms with Gasteiger partial charge in [0, 0.05) is 26.6 Å². The maximum Gasteiger partial charge on any atom is 0.234 e. The van der Waals surface area contributed by atoms with Gasteiger partial charge in [-0.15, -0.1) is 0 Å². The zero-order valence-corrected chi connectivity index (χ0v) is 12.4. The topological polar surface area (TPSA) is 64.8 Å². The lowest BCUT2D eigenvalue weighted by atomic mass is 10.1. The Hall–Kier alpha value is -1.59. The second-order valence-corrected chi connectivity index (χ2v) is 5.80. The molecule has 2 aliphatic heterocycles. The first-order valence-corrected chi connectivity index (χ1v) is 7.48. The molecule has 1 amide bonds. The molecule has 0 spiro atoms. The summed E-state index contributed by atoms with van der Waals surface area (Å²) in [6.07, 6.45) is 2.70. The molecule has 2 heterocycles. The van der Waals surface area contributed by atoms with Gasteiger partial charge in [0.25, 0.3) is 0 Å². The molecule has 5 heteroatoms. The molecule has 1 aromatic carbocycles. The van der Waals surface area contributed by atoms with Crippen LogP contribution in [0.2, 0.25) is 0 Å². The van der Waals surface area contributed by atoms with Gasteiger partial charge in [0.1, 0.15) is 5.75 Å². The summed E-state index contributed by atoms with van der Waals surface area (Å²) in [7, 11) is 1.69. The van der Waals surface area contributed by atoms with Gasteiger partial charge in [-0.05, 0) is 30.0 Å². The molecular weight excluding hydrogens is 268 g/mol. The first-order chi connectivity index (χ1) is 10.2. The van der Waals surface area contributed by atoms with Gasteiger partial charge >= 0.3 is 0 Å². The highest BCUT2D eigenvalue weighted by atomic mass is 16.5. The minimum atomic E-state index is -0.253. The molecule has 3 rings (SSSR count). The van der Waals surface area contributed by atoms with Crippen LogP contribution in [0, 0.1) is 0 Å². The Morgan fingerprint density at radius 3 is 3.14 bits per heavy atom. The highest BCUT2D eigenvalue weighted by Gasteiger charge is 2.35. The third kappa shape index (κ3) is 3.04. The van der Waals surface area contributed by atoms with Gasteiger partial charge in [0.15, 0.2) is 0 Å². The fourth-order valence-corrected chi connectivity index (χ4v) is 3.24. The first kappa shape index (κ1) is 14.4. The molecule has 2 N–H and O–H groups in total. The van der Waals surface area contributed by atoms with Crippen LogP contribution >= 0.6 is 0 Å². The Morgan fingerprint density at radius 1 is 1.52 bits per heavy atom. The van der Waals surface area contributed by atoms with Crippen LogP contribution in [0.1, 0.15) is 17.5 Å². The number of hydrogen-bond acceptors (Lipinski definition) is 4. The normalized spacial score (nSPS) is 24.8. The minimum absolute atomic E-state index is 0.107. The fraction of sp³-hybridized carbons (Fsp3) is 0.562. The van der Waals surface area contributed by atoms with Crippen molar-refractivity contribution in [1.82, 2.24) is 4.90 Å². The third-order valence-corrected chi connectivity index (χ3v) is 4.47. The van der Waals surface area contributed by atoms with Crippen molar-refractivity contribution in [2.24, 2.45) is 5.73 Å². The van der Waals surface area contributed by atoms with Gasteiger partial charge in [0.05, 0.1) is 18.8 Å². The third-order valence-electron chi connectivity index (χ3n) is 4.47. The van der Waals surface area contributed by atoms with Crippen molar-refractivity contribution in [1.29, 1.82) is 0 Å². The average molecular weight is 290 g/mol. The van der Waals surface area contributed by atoms with E-state index in [2.05, 4.69) is 17.0 Å². The smallest absolute Gasteiger partial charge is 0.234 e. The van der Waals surface area contributed by atoms with Crippen LogP contribution in [-0.4, -0.2) is 49.8 Å². The summed E-state index contributed by atoms with van der Waals surface area (Å²) in [6.45, 7) is 2.38. The summed E-state index contributed by atoms with van der Waals surface area (Å²) in [5.41, 5.74) is 8.06. The van der Waals surface area contributed by atoms with Crippen LogP contribution in [0.25, 0.3) is 0 Å². The summed E-state index contributed by atoms with van der Waals surface area (Å²) in [6, 6.07) is 6.16. The summed E-state index contributed by atoms with van der Waals surface area (Å²) in [5.74, 6) is 0.756. The van der Waals surface area contributed by atoms with Crippen LogP contribution in [0.4, 0.5) is 0 Å². The van der Waals surface area contributed by atoms with E-state index >= 15 is 0 Å². The van der Waals surface area contributed by atoms with Crippen molar-refractivity contribution >= 4 is 5.91 Å². The summed E-state index contributed by atoms with van der Waals surface area (Å²) >= 11 is 0. The number of likely N-dealkylation sites (tertiary alicyclic amines) is 1. The SMILES string of the molecule is CO[C@H]1C[C@@H](C(N)=O)N(CCc2ccc3c(c2)CCO3)C1. The van der Waals surface area contributed by atoms with Gasteiger partial charge in [-0.2, -0.15) is 0 Å². The molecule has 114 valence electrons. The lowest BCUT2D eigenvalue weighted by Crippen LogP contribution is -2.41. The number of nitrogens with two attached hydrogens (primary N) is 1. The van der Waals surface area contributed by atoms with Crippen LogP contribution < -0.4 is 10.5 Å². The Bertz CT molecular complexity index is 532. The number of rotatable bonds is 5. The Morgan fingerprint density at radius 2 is 2.38 bits per heavy atom. The Kier molecular flexibility index (Phi) is 4.12. The summed E-state index contributed by atoms with van der Waals surface area (Å²) < 4.78 is 10.9. The van der Waals surface area contributed by atoms with E-state index in [9.17, 15) is 4.79 Å². The van der Waals surface area contributed by atoms with E-state index in [0.29, 0.717) is 6.42 Å². The molecule has 21 heavy (non-hydrogen) atoms. The number of carbonyl (C=O) groups excluding carboxylic acids is 1. The largest absolute Gasteiger partial charge is 0.493 e. The number of ether oxygens (including phenoxy) is 2. The molecule has 5 nitrogen and oxygen atoms in total. The van der Waals surface area contributed by atoms with E-state index in [1.54, 1.807) is 7.11 Å². The second kappa shape index (κ2) is 6.03. The van der Waals surface area contributed by atoms with E-state index in [1.807, 2.05) is 6.07 Å². The fourth-order valence-electron chi connectivity index (χ4n) is 3.24. The molecule has 0 saturated carbocycles. The molecule has 0 aromatic heterocycles. The number of amides is 1. The lowest BCUT2D eigenvalue weighted by molar-refractivity contribution is -0.122. The van der Waals surface area contributed by atoms with Gasteiger partial charge < -0.3 is 15.2 Å². The van der Waals surface area contributed by atoms with E-state index in [-0.39, 0.29) is 18.1 Å². The first-order valence-electron chi connectivity index (χ1n) is 7.48. The minimum Gasteiger partial charge on any atom is -0.493 e. The number of fused-ring (bicyclic) bond motifs is 1. The van der Waals surface area contributed by atoms with Crippen LogP contribution in [-0.2, 0) is 22.4 Å². The van der Waals surface area contributed by atoms with E-state index < -0.39 is 0 Å². The lowest BCUT2D eigenvalue weighted by Gasteiger charge is -2.21. The summed E-state index contributed by atoms with van der Waals surface area (Å²) in [5, 5.41) is 0. The predicted octanol–water partition coefficient (Wildman–Crippen LogP) is 0.739. The van der Waals surface area contributed by atoms with Crippen molar-refractivity contribution in [2.75, 3.05) is 26.8 Å². The predicted molar refractivity (Wildman–Crippen MR) is 79.3 cm³/mol. The average Bonchev–Trinajstić information content (AvgIpc) is 3.10. The number of methoxy groups -OCH3 is 1. The van der Waals surface area contributed by atoms with Gasteiger partial charge in [-0.3, -0.25) is 9.69 Å². The zero-order valence-electron chi connectivity index (χ0n) is 12.4. The van der Waals surface area contributed by atoms with Crippen LogP contribution in [0.5, 0.6) is 5.75 Å². The maximum atomic E-state index is 11.5. The standard InChI is InChI=1S/C16H22N2O3/c1-20-13-9-14(16(17)19)18(10-13)6-4-11-2-3-15-12(8-11)5-7-21-15/h2-3,8,13-14H,4-7,9-10H2,1H3,(H2,17,19)/t13-,14-/m0/s1. The molecule has 2 aliphatic rings. The van der Waals surface area contributed by atoms with Crippen molar-refractivity contribution in [3.05, 3.63) is 29.3 Å². The number of primary amides is 1. The number of hydrogen-bond donors (Lipinski definition) is 1. The monoisotopic (exact) mass is 290 g/mol. The number of benzene rings is 1. The molecule has 2 atom stereocenters. The van der Waals surface area contributed by atoms with E-state index in [0.717, 1.165) is 38.3 Å². The molecule has 1 saturated heterocycles. The van der Waals surface area contributed by atoms with Crippen molar-refractivity contribution in [2.45, 2.75) is 31.4 Å². The Labute approximate surface area is 125 Å². The molecule has 0 aliphatic carbocycles. The van der Waals surface area contributed by atoms with Gasteiger partial charge in [-0.1, -0.05) is 12.1 Å². The van der Waals surface area contributed by atoms with E-state index in [4.69, 9.17) is 15.2 Å². The van der Waals surface area contributed by atoms with Crippen LogP contribution in [0.15, 0.2) is 18.2 Å². The molecule has 0 radical (unpaired) electrons. The van der Waals surface area contributed by atoms with Crippen molar-refractivity contribution in [3.8, 4) is 5.75 Å². The van der Waals surface area contributed by atoms with Crippen molar-refractivity contribution < 1.29 is 14.3 Å². The van der Waals surface area contributed by atoms with Crippen LogP contribution in [0.3, 0.4) is 0 Å². The summed E-state index contributed by atoms with van der Waals surface area (Å²) in [4.78, 5) is 13.7. The maximum absolute atomic E-state index is 11.5. The Balaban J connectivity index is 1.62. The van der Waals surface area contributed by atoms with Gasteiger partial charge in [-0.25, -0.2) is 0 Å². The number of nitrogens with zero attached hydrogens (tertiary/aromatic N) is 1. The van der Waals surface area contributed by atoms with E-state index in [1.165, 1.54) is 11.1 Å². The molecule has 0 unspecified atom stereocenters. The molecule has 1 aromatic rings. The molecule has 1 fully saturated rings. The zero-order chi connectivity index (χ0) is 14.8. The molecule has 0 bridgehead atoms. The highest BCUT2D eigenvalue weighted by Crippen LogP contribution is 2.26. The highest BCUT2D eigenvalue weighted by molar-refractivity contribution is 5.80.